The van der Waals surface area contributed by atoms with Gasteiger partial charge in [-0.2, -0.15) is 5.26 Å². The second-order valence-electron chi connectivity index (χ2n) is 6.22. The summed E-state index contributed by atoms with van der Waals surface area (Å²) in [5, 5.41) is 15.3. The van der Waals surface area contributed by atoms with Crippen molar-refractivity contribution in [3.63, 3.8) is 0 Å². The Balaban J connectivity index is 1.85. The third-order valence-electron chi connectivity index (χ3n) is 4.08. The van der Waals surface area contributed by atoms with E-state index >= 15 is 0 Å². The van der Waals surface area contributed by atoms with E-state index in [1.165, 1.54) is 25.7 Å². The molecule has 0 heterocycles. The third-order valence-corrected chi connectivity index (χ3v) is 4.08. The first-order chi connectivity index (χ1) is 10.0. The van der Waals surface area contributed by atoms with Crippen LogP contribution in [0.5, 0.6) is 0 Å². The maximum atomic E-state index is 11.9. The van der Waals surface area contributed by atoms with Crippen LogP contribution in [0.1, 0.15) is 45.1 Å². The van der Waals surface area contributed by atoms with Gasteiger partial charge in [-0.3, -0.25) is 4.79 Å². The molecule has 1 aliphatic carbocycles. The highest BCUT2D eigenvalue weighted by Crippen LogP contribution is 2.23. The Morgan fingerprint density at radius 2 is 1.90 bits per heavy atom. The second kappa shape index (κ2) is 6.73. The van der Waals surface area contributed by atoms with Gasteiger partial charge < -0.3 is 10.6 Å². The van der Waals surface area contributed by atoms with Gasteiger partial charge in [-0.25, -0.2) is 0 Å². The quantitative estimate of drug-likeness (QED) is 0.874. The molecule has 0 bridgehead atoms. The third kappa shape index (κ3) is 4.30. The largest absolute Gasteiger partial charge is 0.325 e. The van der Waals surface area contributed by atoms with Crippen LogP contribution in [0.4, 0.5) is 5.69 Å². The molecule has 1 fully saturated rings. The molecule has 0 spiro atoms. The summed E-state index contributed by atoms with van der Waals surface area (Å²) in [6, 6.07) is 10.2. The van der Waals surface area contributed by atoms with Gasteiger partial charge in [0.05, 0.1) is 18.0 Å². The maximum absolute atomic E-state index is 11.9. The minimum Gasteiger partial charge on any atom is -0.325 e. The average molecular weight is 285 g/mol. The second-order valence-corrected chi connectivity index (χ2v) is 6.22. The van der Waals surface area contributed by atoms with Crippen molar-refractivity contribution < 1.29 is 4.79 Å². The Kier molecular flexibility index (Phi) is 4.98. The standard InChI is InChI=1S/C17H23N3O/c1-17(2,12-18)13-7-9-15(10-8-13)20-16(21)11-19-14-5-3-4-6-14/h7-10,14,19H,3-6,11H2,1-2H3,(H,20,21). The SMILES string of the molecule is CC(C)(C#N)c1ccc(NC(=O)CNC2CCCC2)cc1. The van der Waals surface area contributed by atoms with E-state index in [1.54, 1.807) is 0 Å². The van der Waals surface area contributed by atoms with E-state index in [4.69, 9.17) is 5.26 Å². The summed E-state index contributed by atoms with van der Waals surface area (Å²) in [6.07, 6.45) is 4.86. The minimum absolute atomic E-state index is 0.0193. The lowest BCUT2D eigenvalue weighted by Crippen LogP contribution is -2.34. The molecule has 21 heavy (non-hydrogen) atoms. The summed E-state index contributed by atoms with van der Waals surface area (Å²) in [5.74, 6) is -0.0193. The van der Waals surface area contributed by atoms with Gasteiger partial charge in [0.1, 0.15) is 0 Å². The van der Waals surface area contributed by atoms with Crippen molar-refractivity contribution in [1.29, 1.82) is 5.26 Å². The first-order valence-electron chi connectivity index (χ1n) is 7.56. The summed E-state index contributed by atoms with van der Waals surface area (Å²) < 4.78 is 0. The summed E-state index contributed by atoms with van der Waals surface area (Å²) in [7, 11) is 0. The summed E-state index contributed by atoms with van der Waals surface area (Å²) in [5.41, 5.74) is 1.21. The van der Waals surface area contributed by atoms with Gasteiger partial charge in [0.25, 0.3) is 0 Å². The highest BCUT2D eigenvalue weighted by molar-refractivity contribution is 5.92. The van der Waals surface area contributed by atoms with Gasteiger partial charge in [0.2, 0.25) is 5.91 Å². The summed E-state index contributed by atoms with van der Waals surface area (Å²) in [6.45, 7) is 4.12. The van der Waals surface area contributed by atoms with Crippen molar-refractivity contribution in [2.24, 2.45) is 0 Å². The molecule has 2 rings (SSSR count). The van der Waals surface area contributed by atoms with Crippen LogP contribution in [0, 0.1) is 11.3 Å². The fourth-order valence-electron chi connectivity index (χ4n) is 2.61. The highest BCUT2D eigenvalue weighted by atomic mass is 16.1. The van der Waals surface area contributed by atoms with Crippen LogP contribution in [-0.4, -0.2) is 18.5 Å². The lowest BCUT2D eigenvalue weighted by atomic mass is 9.86. The number of carbonyl (C=O) groups is 1. The molecule has 4 heteroatoms. The first kappa shape index (κ1) is 15.5. The molecule has 0 saturated heterocycles. The molecule has 1 aromatic carbocycles. The number of amides is 1. The Labute approximate surface area is 126 Å². The number of hydrogen-bond acceptors (Lipinski definition) is 3. The number of anilines is 1. The van der Waals surface area contributed by atoms with E-state index in [1.807, 2.05) is 38.1 Å². The topological polar surface area (TPSA) is 64.9 Å². The molecule has 1 aliphatic rings. The van der Waals surface area contributed by atoms with E-state index < -0.39 is 5.41 Å². The fraction of sp³-hybridized carbons (Fsp3) is 0.529. The predicted molar refractivity (Wildman–Crippen MR) is 84.0 cm³/mol. The molecule has 0 radical (unpaired) electrons. The minimum atomic E-state index is -0.507. The van der Waals surface area contributed by atoms with Gasteiger partial charge in [-0.05, 0) is 44.4 Å². The zero-order valence-electron chi connectivity index (χ0n) is 12.8. The van der Waals surface area contributed by atoms with E-state index in [-0.39, 0.29) is 5.91 Å². The molecule has 0 atom stereocenters. The van der Waals surface area contributed by atoms with Crippen LogP contribution in [0.3, 0.4) is 0 Å². The number of nitriles is 1. The van der Waals surface area contributed by atoms with Crippen molar-refractivity contribution >= 4 is 11.6 Å². The lowest BCUT2D eigenvalue weighted by Gasteiger charge is -2.16. The van der Waals surface area contributed by atoms with Crippen LogP contribution in [-0.2, 0) is 10.2 Å². The molecule has 4 nitrogen and oxygen atoms in total. The van der Waals surface area contributed by atoms with Crippen LogP contribution >= 0.6 is 0 Å². The molecule has 2 N–H and O–H groups in total. The summed E-state index contributed by atoms with van der Waals surface area (Å²) >= 11 is 0. The molecular formula is C17H23N3O. The van der Waals surface area contributed by atoms with Crippen molar-refractivity contribution in [2.45, 2.75) is 51.0 Å². The Bertz CT molecular complexity index is 522. The number of nitrogens with zero attached hydrogens (tertiary/aromatic N) is 1. The number of rotatable bonds is 5. The van der Waals surface area contributed by atoms with E-state index in [2.05, 4.69) is 16.7 Å². The molecule has 0 aliphatic heterocycles. The van der Waals surface area contributed by atoms with Gasteiger partial charge in [-0.1, -0.05) is 25.0 Å². The number of hydrogen-bond donors (Lipinski definition) is 2. The Morgan fingerprint density at radius 1 is 1.29 bits per heavy atom. The van der Waals surface area contributed by atoms with Gasteiger partial charge >= 0.3 is 0 Å². The molecule has 0 aromatic heterocycles. The van der Waals surface area contributed by atoms with Gasteiger partial charge in [-0.15, -0.1) is 0 Å². The monoisotopic (exact) mass is 285 g/mol. The van der Waals surface area contributed by atoms with Crippen molar-refractivity contribution in [2.75, 3.05) is 11.9 Å². The molecule has 1 amide bonds. The molecule has 1 saturated carbocycles. The van der Waals surface area contributed by atoms with Crippen LogP contribution < -0.4 is 10.6 Å². The highest BCUT2D eigenvalue weighted by Gasteiger charge is 2.19. The molecule has 112 valence electrons. The predicted octanol–water partition coefficient (Wildman–Crippen LogP) is 2.96. The van der Waals surface area contributed by atoms with Crippen molar-refractivity contribution in [3.8, 4) is 6.07 Å². The number of benzene rings is 1. The molecular weight excluding hydrogens is 262 g/mol. The van der Waals surface area contributed by atoms with Crippen LogP contribution in [0.25, 0.3) is 0 Å². The van der Waals surface area contributed by atoms with E-state index in [0.29, 0.717) is 12.6 Å². The van der Waals surface area contributed by atoms with E-state index in [9.17, 15) is 4.79 Å². The lowest BCUT2D eigenvalue weighted by molar-refractivity contribution is -0.115. The average Bonchev–Trinajstić information content (AvgIpc) is 2.99. The Morgan fingerprint density at radius 3 is 2.48 bits per heavy atom. The fourth-order valence-corrected chi connectivity index (χ4v) is 2.61. The normalized spacial score (nSPS) is 15.7. The van der Waals surface area contributed by atoms with E-state index in [0.717, 1.165) is 11.3 Å². The van der Waals surface area contributed by atoms with Gasteiger partial charge in [0.15, 0.2) is 0 Å². The van der Waals surface area contributed by atoms with Crippen molar-refractivity contribution in [1.82, 2.24) is 5.32 Å². The van der Waals surface area contributed by atoms with Gasteiger partial charge in [0, 0.05) is 11.7 Å². The number of nitrogens with one attached hydrogen (secondary N) is 2. The zero-order valence-corrected chi connectivity index (χ0v) is 12.8. The summed E-state index contributed by atoms with van der Waals surface area (Å²) in [4.78, 5) is 11.9. The molecule has 1 aromatic rings. The smallest absolute Gasteiger partial charge is 0.238 e. The zero-order chi connectivity index (χ0) is 15.3. The maximum Gasteiger partial charge on any atom is 0.238 e. The number of carbonyl (C=O) groups excluding carboxylic acids is 1. The molecule has 0 unspecified atom stereocenters. The first-order valence-corrected chi connectivity index (χ1v) is 7.56. The Hall–Kier alpha value is -1.86. The van der Waals surface area contributed by atoms with Crippen LogP contribution in [0.15, 0.2) is 24.3 Å². The van der Waals surface area contributed by atoms with Crippen LogP contribution in [0.2, 0.25) is 0 Å². The van der Waals surface area contributed by atoms with Crippen molar-refractivity contribution in [3.05, 3.63) is 29.8 Å².